The average Bonchev–Trinajstić information content (AvgIpc) is 2.90. The maximum atomic E-state index is 13.2. The summed E-state index contributed by atoms with van der Waals surface area (Å²) in [6.45, 7) is 2.07. The number of piperidine rings is 1. The summed E-state index contributed by atoms with van der Waals surface area (Å²) >= 11 is 0. The summed E-state index contributed by atoms with van der Waals surface area (Å²) in [5.41, 5.74) is 0.936. The van der Waals surface area contributed by atoms with Crippen LogP contribution in [0.25, 0.3) is 0 Å². The average molecular weight is 477 g/mol. The van der Waals surface area contributed by atoms with Crippen molar-refractivity contribution in [2.75, 3.05) is 32.8 Å². The fourth-order valence-corrected chi connectivity index (χ4v) is 4.59. The summed E-state index contributed by atoms with van der Waals surface area (Å²) in [6, 6.07) is 11.0. The molecule has 0 radical (unpaired) electrons. The Bertz CT molecular complexity index is 1060. The molecule has 1 aromatic carbocycles. The highest BCUT2D eigenvalue weighted by atomic mass is 16.5. The van der Waals surface area contributed by atoms with Crippen LogP contribution < -0.4 is 15.4 Å². The second-order valence-corrected chi connectivity index (χ2v) is 9.02. The lowest BCUT2D eigenvalue weighted by Gasteiger charge is -2.40. The van der Waals surface area contributed by atoms with Crippen LogP contribution in [0.3, 0.4) is 0 Å². The monoisotopic (exact) mass is 476 g/mol. The Morgan fingerprint density at radius 3 is 2.63 bits per heavy atom. The molecule has 3 amide bonds. The molecule has 4 rings (SSSR count). The number of carbonyl (C=O) groups excluding carboxylic acids is 3. The van der Waals surface area contributed by atoms with Crippen LogP contribution in [0.4, 0.5) is 0 Å². The molecular weight excluding hydrogens is 444 g/mol. The van der Waals surface area contributed by atoms with Crippen LogP contribution in [-0.2, 0) is 16.0 Å². The number of hydrogen-bond donors (Lipinski definition) is 2. The lowest BCUT2D eigenvalue weighted by atomic mass is 9.74. The molecule has 3 heterocycles. The highest BCUT2D eigenvalue weighted by Gasteiger charge is 2.41. The van der Waals surface area contributed by atoms with Crippen molar-refractivity contribution in [1.82, 2.24) is 20.5 Å². The maximum Gasteiger partial charge on any atom is 0.255 e. The van der Waals surface area contributed by atoms with Crippen LogP contribution in [0, 0.1) is 5.41 Å². The van der Waals surface area contributed by atoms with Gasteiger partial charge in [-0.05, 0) is 49.4 Å². The number of hydrogen-bond acceptors (Lipinski definition) is 5. The third-order valence-corrected chi connectivity index (χ3v) is 6.74. The number of fused-ring (bicyclic) bond motifs is 1. The van der Waals surface area contributed by atoms with Crippen molar-refractivity contribution >= 4 is 17.7 Å². The molecule has 0 atom stereocenters. The Balaban J connectivity index is 1.38. The topological polar surface area (TPSA) is 101 Å². The fourth-order valence-electron chi connectivity index (χ4n) is 4.59. The molecule has 1 saturated heterocycles. The van der Waals surface area contributed by atoms with Gasteiger partial charge in [-0.25, -0.2) is 0 Å². The first-order chi connectivity index (χ1) is 17.1. The van der Waals surface area contributed by atoms with Gasteiger partial charge in [0.15, 0.2) is 0 Å². The normalized spacial score (nSPS) is 19.5. The highest BCUT2D eigenvalue weighted by Crippen LogP contribution is 2.36. The van der Waals surface area contributed by atoms with Gasteiger partial charge in [-0.1, -0.05) is 30.4 Å². The van der Waals surface area contributed by atoms with Gasteiger partial charge in [0, 0.05) is 45.0 Å². The molecule has 0 bridgehead atoms. The van der Waals surface area contributed by atoms with E-state index in [-0.39, 0.29) is 17.7 Å². The van der Waals surface area contributed by atoms with Crippen LogP contribution in [-0.4, -0.2) is 60.4 Å². The van der Waals surface area contributed by atoms with Gasteiger partial charge < -0.3 is 20.3 Å². The number of aryl methyl sites for hydroxylation is 1. The standard InChI is InChI=1S/C27H32N4O4/c32-24(10-9-21-6-5-14-28-20-21)31-17-12-27(13-18-31)11-3-4-19-35-23-8-2-1-7-22(23)25(33)29-15-16-30-26(27)34/h1-8,14,20H,9-13,15-19H2,(H,29,33)(H,30,34)/b4-3+. The van der Waals surface area contributed by atoms with E-state index in [1.54, 1.807) is 30.6 Å². The minimum atomic E-state index is -0.581. The van der Waals surface area contributed by atoms with Crippen molar-refractivity contribution in [1.29, 1.82) is 0 Å². The molecule has 2 aromatic rings. The van der Waals surface area contributed by atoms with Gasteiger partial charge in [0.25, 0.3) is 5.91 Å². The van der Waals surface area contributed by atoms with Gasteiger partial charge in [-0.15, -0.1) is 0 Å². The van der Waals surface area contributed by atoms with Crippen molar-refractivity contribution in [2.45, 2.75) is 32.1 Å². The molecular formula is C27H32N4O4. The van der Waals surface area contributed by atoms with Crippen molar-refractivity contribution in [3.8, 4) is 5.75 Å². The first-order valence-electron chi connectivity index (χ1n) is 12.2. The lowest BCUT2D eigenvalue weighted by Crippen LogP contribution is -2.51. The number of rotatable bonds is 3. The summed E-state index contributed by atoms with van der Waals surface area (Å²) in [6.07, 6.45) is 10.2. The van der Waals surface area contributed by atoms with E-state index < -0.39 is 5.41 Å². The molecule has 35 heavy (non-hydrogen) atoms. The quantitative estimate of drug-likeness (QED) is 0.663. The van der Waals surface area contributed by atoms with Crippen molar-refractivity contribution in [3.63, 3.8) is 0 Å². The van der Waals surface area contributed by atoms with Crippen LogP contribution in [0.1, 0.15) is 41.6 Å². The summed E-state index contributed by atoms with van der Waals surface area (Å²) in [7, 11) is 0. The number of para-hydroxylation sites is 1. The molecule has 2 aliphatic rings. The third kappa shape index (κ3) is 6.26. The van der Waals surface area contributed by atoms with Crippen LogP contribution in [0.15, 0.2) is 60.9 Å². The number of aromatic nitrogens is 1. The van der Waals surface area contributed by atoms with Crippen molar-refractivity contribution in [3.05, 3.63) is 72.1 Å². The van der Waals surface area contributed by atoms with Crippen LogP contribution in [0.5, 0.6) is 5.75 Å². The fraction of sp³-hybridized carbons (Fsp3) is 0.407. The predicted molar refractivity (Wildman–Crippen MR) is 132 cm³/mol. The molecule has 8 nitrogen and oxygen atoms in total. The molecule has 0 aliphatic carbocycles. The summed E-state index contributed by atoms with van der Waals surface area (Å²) < 4.78 is 5.81. The Labute approximate surface area is 205 Å². The van der Waals surface area contributed by atoms with Gasteiger partial charge in [-0.3, -0.25) is 19.4 Å². The van der Waals surface area contributed by atoms with E-state index in [1.165, 1.54) is 0 Å². The molecule has 1 fully saturated rings. The van der Waals surface area contributed by atoms with Gasteiger partial charge in [0.2, 0.25) is 11.8 Å². The Morgan fingerprint density at radius 1 is 1.03 bits per heavy atom. The predicted octanol–water partition coefficient (Wildman–Crippen LogP) is 2.51. The minimum Gasteiger partial charge on any atom is -0.489 e. The van der Waals surface area contributed by atoms with Gasteiger partial charge in [-0.2, -0.15) is 0 Å². The number of carbonyl (C=O) groups is 3. The number of benzene rings is 1. The molecule has 0 saturated carbocycles. The van der Waals surface area contributed by atoms with Crippen LogP contribution >= 0.6 is 0 Å². The number of allylic oxidation sites excluding steroid dienone is 1. The van der Waals surface area contributed by atoms with Crippen molar-refractivity contribution in [2.24, 2.45) is 5.41 Å². The molecule has 1 aromatic heterocycles. The summed E-state index contributed by atoms with van der Waals surface area (Å²) in [4.78, 5) is 44.5. The molecule has 8 heteroatoms. The van der Waals surface area contributed by atoms with Crippen LogP contribution in [0.2, 0.25) is 0 Å². The molecule has 2 aliphatic heterocycles. The zero-order valence-corrected chi connectivity index (χ0v) is 19.9. The third-order valence-electron chi connectivity index (χ3n) is 6.74. The molecule has 0 unspecified atom stereocenters. The molecule has 2 N–H and O–H groups in total. The number of ether oxygens (including phenoxy) is 1. The summed E-state index contributed by atoms with van der Waals surface area (Å²) in [5.74, 6) is 0.375. The SMILES string of the molecule is O=C1NCCNC(=O)C2(C/C=C/COc3ccccc31)CCN(C(=O)CCc1cccnc1)CC2. The van der Waals surface area contributed by atoms with E-state index in [4.69, 9.17) is 4.74 Å². The Hall–Kier alpha value is -3.68. The second kappa shape index (κ2) is 11.6. The number of nitrogens with one attached hydrogen (secondary N) is 2. The van der Waals surface area contributed by atoms with Gasteiger partial charge >= 0.3 is 0 Å². The summed E-state index contributed by atoms with van der Waals surface area (Å²) in [5, 5.41) is 5.85. The van der Waals surface area contributed by atoms with Gasteiger partial charge in [0.1, 0.15) is 12.4 Å². The Morgan fingerprint density at radius 2 is 1.83 bits per heavy atom. The van der Waals surface area contributed by atoms with E-state index in [0.717, 1.165) is 5.56 Å². The number of likely N-dealkylation sites (tertiary alicyclic amines) is 1. The molecule has 1 spiro atoms. The van der Waals surface area contributed by atoms with E-state index in [1.807, 2.05) is 35.3 Å². The van der Waals surface area contributed by atoms with E-state index >= 15 is 0 Å². The zero-order valence-electron chi connectivity index (χ0n) is 19.9. The zero-order chi connectivity index (χ0) is 24.5. The second-order valence-electron chi connectivity index (χ2n) is 9.02. The Kier molecular flexibility index (Phi) is 8.13. The molecule has 184 valence electrons. The van der Waals surface area contributed by atoms with E-state index in [2.05, 4.69) is 15.6 Å². The van der Waals surface area contributed by atoms with E-state index in [0.29, 0.717) is 76.2 Å². The highest BCUT2D eigenvalue weighted by molar-refractivity contribution is 5.97. The smallest absolute Gasteiger partial charge is 0.255 e. The maximum absolute atomic E-state index is 13.2. The van der Waals surface area contributed by atoms with Crippen molar-refractivity contribution < 1.29 is 19.1 Å². The number of amides is 3. The largest absolute Gasteiger partial charge is 0.489 e. The van der Waals surface area contributed by atoms with Gasteiger partial charge in [0.05, 0.1) is 11.0 Å². The number of nitrogens with zero attached hydrogens (tertiary/aromatic N) is 2. The van der Waals surface area contributed by atoms with E-state index in [9.17, 15) is 14.4 Å². The first-order valence-corrected chi connectivity index (χ1v) is 12.2. The number of pyridine rings is 1. The lowest BCUT2D eigenvalue weighted by molar-refractivity contribution is -0.140. The first kappa shape index (κ1) is 24.4. The minimum absolute atomic E-state index is 0.0303.